The maximum Gasteiger partial charge on any atom is 0.303 e. The van der Waals surface area contributed by atoms with Crippen LogP contribution in [0.3, 0.4) is 0 Å². The minimum absolute atomic E-state index is 0.311. The van der Waals surface area contributed by atoms with E-state index in [0.29, 0.717) is 12.3 Å². The van der Waals surface area contributed by atoms with E-state index in [0.717, 1.165) is 25.7 Å². The molecule has 128 valence electrons. The molecule has 1 unspecified atom stereocenters. The molecule has 0 aliphatic carbocycles. The molecule has 0 fully saturated rings. The molecule has 0 rings (SSSR count). The number of aliphatic carboxylic acids is 1. The van der Waals surface area contributed by atoms with E-state index < -0.39 is 5.97 Å². The molecule has 0 aromatic carbocycles. The van der Waals surface area contributed by atoms with Crippen molar-refractivity contribution in [1.82, 2.24) is 0 Å². The van der Waals surface area contributed by atoms with Gasteiger partial charge in [-0.1, -0.05) is 70.1 Å². The zero-order valence-electron chi connectivity index (χ0n) is 14.6. The molecule has 0 aliphatic rings. The van der Waals surface area contributed by atoms with Gasteiger partial charge in [0.05, 0.1) is 0 Å². The summed E-state index contributed by atoms with van der Waals surface area (Å²) in [7, 11) is 0. The molecule has 0 saturated heterocycles. The highest BCUT2D eigenvalue weighted by atomic mass is 16.4. The first kappa shape index (κ1) is 20.9. The van der Waals surface area contributed by atoms with Crippen LogP contribution < -0.4 is 0 Å². The van der Waals surface area contributed by atoms with Gasteiger partial charge in [-0.15, -0.1) is 6.58 Å². The Labute approximate surface area is 137 Å². The van der Waals surface area contributed by atoms with Crippen molar-refractivity contribution in [2.45, 2.75) is 90.4 Å². The number of carbonyl (C=O) groups is 1. The van der Waals surface area contributed by atoms with Crippen LogP contribution in [0.5, 0.6) is 0 Å². The lowest BCUT2D eigenvalue weighted by Crippen LogP contribution is -1.96. The highest BCUT2D eigenvalue weighted by Gasteiger charge is 2.02. The van der Waals surface area contributed by atoms with Gasteiger partial charge in [0.2, 0.25) is 0 Å². The molecule has 0 aromatic heterocycles. The summed E-state index contributed by atoms with van der Waals surface area (Å²) in [5, 5.41) is 8.58. The summed E-state index contributed by atoms with van der Waals surface area (Å²) in [6.45, 7) is 6.19. The maximum absolute atomic E-state index is 10.4. The fourth-order valence-corrected chi connectivity index (χ4v) is 2.62. The van der Waals surface area contributed by atoms with E-state index in [9.17, 15) is 4.79 Å². The van der Waals surface area contributed by atoms with Crippen LogP contribution in [0, 0.1) is 5.92 Å². The molecule has 1 atom stereocenters. The lowest BCUT2D eigenvalue weighted by Gasteiger charge is -2.09. The summed E-state index contributed by atoms with van der Waals surface area (Å²) in [6, 6.07) is 0. The van der Waals surface area contributed by atoms with Gasteiger partial charge in [0, 0.05) is 6.42 Å². The van der Waals surface area contributed by atoms with Crippen LogP contribution in [0.15, 0.2) is 24.8 Å². The monoisotopic (exact) mass is 308 g/mol. The van der Waals surface area contributed by atoms with Crippen molar-refractivity contribution in [1.29, 1.82) is 0 Å². The third kappa shape index (κ3) is 15.3. The van der Waals surface area contributed by atoms with E-state index in [-0.39, 0.29) is 0 Å². The number of rotatable bonds is 16. The first-order chi connectivity index (χ1) is 10.7. The fourth-order valence-electron chi connectivity index (χ4n) is 2.62. The van der Waals surface area contributed by atoms with Crippen LogP contribution in [-0.2, 0) is 4.79 Å². The topological polar surface area (TPSA) is 37.3 Å². The van der Waals surface area contributed by atoms with Crippen molar-refractivity contribution in [3.63, 3.8) is 0 Å². The van der Waals surface area contributed by atoms with Gasteiger partial charge in [0.1, 0.15) is 0 Å². The number of hydrogen-bond acceptors (Lipinski definition) is 1. The highest BCUT2D eigenvalue weighted by Crippen LogP contribution is 2.17. The summed E-state index contributed by atoms with van der Waals surface area (Å²) >= 11 is 0. The zero-order valence-corrected chi connectivity index (χ0v) is 14.6. The SMILES string of the molecule is C=CC(CC=CCCCCCCC)CCCCCCC(=O)O. The second-order valence-corrected chi connectivity index (χ2v) is 6.25. The third-order valence-electron chi connectivity index (χ3n) is 4.13. The molecule has 2 heteroatoms. The maximum atomic E-state index is 10.4. The summed E-state index contributed by atoms with van der Waals surface area (Å²) in [5.41, 5.74) is 0. The average molecular weight is 309 g/mol. The Morgan fingerprint density at radius 1 is 1.00 bits per heavy atom. The largest absolute Gasteiger partial charge is 0.481 e. The second-order valence-electron chi connectivity index (χ2n) is 6.25. The lowest BCUT2D eigenvalue weighted by atomic mass is 9.97. The van der Waals surface area contributed by atoms with E-state index in [1.54, 1.807) is 0 Å². The quantitative estimate of drug-likeness (QED) is 0.260. The van der Waals surface area contributed by atoms with Gasteiger partial charge in [-0.05, 0) is 38.0 Å². The predicted octanol–water partition coefficient (Wildman–Crippen LogP) is 6.52. The molecule has 0 spiro atoms. The molecule has 0 amide bonds. The second kappa shape index (κ2) is 16.3. The van der Waals surface area contributed by atoms with Gasteiger partial charge in [0.15, 0.2) is 0 Å². The number of allylic oxidation sites excluding steroid dienone is 3. The summed E-state index contributed by atoms with van der Waals surface area (Å²) < 4.78 is 0. The van der Waals surface area contributed by atoms with Crippen molar-refractivity contribution in [2.24, 2.45) is 5.92 Å². The van der Waals surface area contributed by atoms with E-state index in [2.05, 4.69) is 31.7 Å². The van der Waals surface area contributed by atoms with Gasteiger partial charge in [-0.2, -0.15) is 0 Å². The molecule has 0 aromatic rings. The Hall–Kier alpha value is -1.05. The van der Waals surface area contributed by atoms with Crippen molar-refractivity contribution in [3.8, 4) is 0 Å². The summed E-state index contributed by atoms with van der Waals surface area (Å²) in [6.07, 6.45) is 21.4. The summed E-state index contributed by atoms with van der Waals surface area (Å²) in [4.78, 5) is 10.4. The Morgan fingerprint density at radius 3 is 2.36 bits per heavy atom. The molecule has 0 radical (unpaired) electrons. The molecule has 0 saturated carbocycles. The number of hydrogen-bond donors (Lipinski definition) is 1. The molecule has 0 bridgehead atoms. The van der Waals surface area contributed by atoms with Crippen LogP contribution in [0.2, 0.25) is 0 Å². The number of carboxylic acids is 1. The third-order valence-corrected chi connectivity index (χ3v) is 4.13. The minimum Gasteiger partial charge on any atom is -0.481 e. The first-order valence-corrected chi connectivity index (χ1v) is 9.20. The van der Waals surface area contributed by atoms with Crippen molar-refractivity contribution in [3.05, 3.63) is 24.8 Å². The van der Waals surface area contributed by atoms with Crippen LogP contribution in [0.25, 0.3) is 0 Å². The Bertz CT molecular complexity index is 294. The Kier molecular flexibility index (Phi) is 15.5. The van der Waals surface area contributed by atoms with Crippen LogP contribution in [-0.4, -0.2) is 11.1 Å². The summed E-state index contributed by atoms with van der Waals surface area (Å²) in [5.74, 6) is -0.0976. The van der Waals surface area contributed by atoms with E-state index in [1.807, 2.05) is 0 Å². The molecular weight excluding hydrogens is 272 g/mol. The van der Waals surface area contributed by atoms with Crippen LogP contribution >= 0.6 is 0 Å². The molecule has 22 heavy (non-hydrogen) atoms. The molecule has 0 aliphatic heterocycles. The van der Waals surface area contributed by atoms with Gasteiger partial charge < -0.3 is 5.11 Å². The van der Waals surface area contributed by atoms with Crippen molar-refractivity contribution in [2.75, 3.05) is 0 Å². The van der Waals surface area contributed by atoms with Crippen molar-refractivity contribution < 1.29 is 9.90 Å². The minimum atomic E-state index is -0.677. The predicted molar refractivity (Wildman–Crippen MR) is 96.2 cm³/mol. The standard InChI is InChI=1S/C20H36O2/c1-3-5-6-7-8-9-10-13-16-19(4-2)17-14-11-12-15-18-20(21)22/h4,10,13,19H,2-3,5-9,11-12,14-18H2,1H3,(H,21,22). The smallest absolute Gasteiger partial charge is 0.303 e. The first-order valence-electron chi connectivity index (χ1n) is 9.20. The fraction of sp³-hybridized carbons (Fsp3) is 0.750. The Morgan fingerprint density at radius 2 is 1.68 bits per heavy atom. The van der Waals surface area contributed by atoms with Crippen LogP contribution in [0.1, 0.15) is 90.4 Å². The Balaban J connectivity index is 3.49. The van der Waals surface area contributed by atoms with E-state index in [4.69, 9.17) is 5.11 Å². The zero-order chi connectivity index (χ0) is 16.5. The lowest BCUT2D eigenvalue weighted by molar-refractivity contribution is -0.137. The van der Waals surface area contributed by atoms with E-state index in [1.165, 1.54) is 51.4 Å². The highest BCUT2D eigenvalue weighted by molar-refractivity contribution is 5.66. The van der Waals surface area contributed by atoms with Gasteiger partial charge in [-0.3, -0.25) is 4.79 Å². The van der Waals surface area contributed by atoms with E-state index >= 15 is 0 Å². The van der Waals surface area contributed by atoms with Crippen LogP contribution in [0.4, 0.5) is 0 Å². The van der Waals surface area contributed by atoms with Gasteiger partial charge >= 0.3 is 5.97 Å². The number of carboxylic acid groups (broad SMARTS) is 1. The molecule has 0 heterocycles. The molecule has 1 N–H and O–H groups in total. The molecular formula is C20H36O2. The number of unbranched alkanes of at least 4 members (excludes halogenated alkanes) is 8. The van der Waals surface area contributed by atoms with Gasteiger partial charge in [0.25, 0.3) is 0 Å². The average Bonchev–Trinajstić information content (AvgIpc) is 2.50. The van der Waals surface area contributed by atoms with Crippen molar-refractivity contribution >= 4 is 5.97 Å². The normalized spacial score (nSPS) is 12.6. The molecule has 2 nitrogen and oxygen atoms in total. The van der Waals surface area contributed by atoms with Gasteiger partial charge in [-0.25, -0.2) is 0 Å².